The summed E-state index contributed by atoms with van der Waals surface area (Å²) in [5.41, 5.74) is 0. The average Bonchev–Trinajstić information content (AvgIpc) is 2.63. The van der Waals surface area contributed by atoms with Gasteiger partial charge >= 0.3 is 0 Å². The van der Waals surface area contributed by atoms with Crippen LogP contribution in [0.4, 0.5) is 0 Å². The van der Waals surface area contributed by atoms with Gasteiger partial charge in [0.25, 0.3) is 0 Å². The van der Waals surface area contributed by atoms with E-state index in [1.807, 2.05) is 6.92 Å². The number of nitrogens with one attached hydrogen (secondary N) is 1. The van der Waals surface area contributed by atoms with Crippen LogP contribution >= 0.6 is 15.9 Å². The van der Waals surface area contributed by atoms with Crippen molar-refractivity contribution >= 4 is 21.8 Å². The number of hydrogen-bond acceptors (Lipinski definition) is 1. The first kappa shape index (κ1) is 8.05. The fraction of sp³-hybridized carbons (Fsp3) is 0.857. The molecule has 1 atom stereocenters. The van der Waals surface area contributed by atoms with Crippen LogP contribution in [0.5, 0.6) is 0 Å². The van der Waals surface area contributed by atoms with Crippen molar-refractivity contribution in [3.05, 3.63) is 0 Å². The fourth-order valence-electron chi connectivity index (χ4n) is 0.731. The van der Waals surface area contributed by atoms with Crippen LogP contribution in [-0.2, 0) is 4.79 Å². The molecule has 1 fully saturated rings. The first-order chi connectivity index (χ1) is 4.70. The molecule has 0 aromatic carbocycles. The predicted octanol–water partition coefficient (Wildman–Crippen LogP) is 1.30. The van der Waals surface area contributed by atoms with Gasteiger partial charge in [-0.05, 0) is 12.8 Å². The lowest BCUT2D eigenvalue weighted by atomic mass is 10.4. The van der Waals surface area contributed by atoms with E-state index < -0.39 is 0 Å². The van der Waals surface area contributed by atoms with Crippen LogP contribution in [0.1, 0.15) is 19.8 Å². The highest BCUT2D eigenvalue weighted by Gasteiger charge is 2.29. The van der Waals surface area contributed by atoms with Crippen molar-refractivity contribution < 1.29 is 4.79 Å². The molecular weight excluding hydrogens is 194 g/mol. The van der Waals surface area contributed by atoms with Crippen molar-refractivity contribution in [3.63, 3.8) is 0 Å². The van der Waals surface area contributed by atoms with Crippen molar-refractivity contribution in [2.45, 2.75) is 24.6 Å². The molecule has 10 heavy (non-hydrogen) atoms. The van der Waals surface area contributed by atoms with E-state index in [0.717, 1.165) is 19.4 Å². The quantitative estimate of drug-likeness (QED) is 0.692. The number of hydrogen-bond donors (Lipinski definition) is 1. The van der Waals surface area contributed by atoms with E-state index in [-0.39, 0.29) is 5.91 Å². The molecule has 1 saturated carbocycles. The molecule has 0 aromatic heterocycles. The van der Waals surface area contributed by atoms with Crippen LogP contribution < -0.4 is 5.32 Å². The highest BCUT2D eigenvalue weighted by atomic mass is 79.9. The summed E-state index contributed by atoms with van der Waals surface area (Å²) in [6, 6.07) is 0. The summed E-state index contributed by atoms with van der Waals surface area (Å²) < 4.78 is 0. The molecule has 1 aliphatic carbocycles. The zero-order valence-corrected chi connectivity index (χ0v) is 7.65. The number of carbonyl (C=O) groups is 1. The van der Waals surface area contributed by atoms with Gasteiger partial charge in [-0.3, -0.25) is 4.79 Å². The minimum absolute atomic E-state index is 0.228. The minimum atomic E-state index is 0.228. The summed E-state index contributed by atoms with van der Waals surface area (Å²) in [5, 5.41) is 2.86. The van der Waals surface area contributed by atoms with Crippen LogP contribution in [0.25, 0.3) is 0 Å². The molecule has 0 radical (unpaired) electrons. The second-order valence-electron chi connectivity index (χ2n) is 2.80. The SMILES string of the molecule is CC(Br)CNC(=O)C1CC1. The van der Waals surface area contributed by atoms with Crippen LogP contribution in [0.3, 0.4) is 0 Å². The Bertz CT molecular complexity index is 132. The molecule has 58 valence electrons. The molecule has 0 bridgehead atoms. The molecule has 1 aliphatic rings. The third-order valence-electron chi connectivity index (χ3n) is 1.51. The maximum atomic E-state index is 11.0. The molecule has 0 heterocycles. The van der Waals surface area contributed by atoms with Crippen LogP contribution in [0, 0.1) is 5.92 Å². The fourth-order valence-corrected chi connectivity index (χ4v) is 0.893. The number of carbonyl (C=O) groups excluding carboxylic acids is 1. The molecule has 0 saturated heterocycles. The zero-order chi connectivity index (χ0) is 7.56. The van der Waals surface area contributed by atoms with E-state index in [9.17, 15) is 4.79 Å². The average molecular weight is 206 g/mol. The van der Waals surface area contributed by atoms with Gasteiger partial charge in [0.1, 0.15) is 0 Å². The molecule has 0 aromatic rings. The molecule has 0 aliphatic heterocycles. The van der Waals surface area contributed by atoms with Gasteiger partial charge in [-0.2, -0.15) is 0 Å². The summed E-state index contributed by atoms with van der Waals surface area (Å²) in [6.07, 6.45) is 2.17. The maximum Gasteiger partial charge on any atom is 0.223 e. The zero-order valence-electron chi connectivity index (χ0n) is 6.06. The van der Waals surface area contributed by atoms with E-state index >= 15 is 0 Å². The predicted molar refractivity (Wildman–Crippen MR) is 44.1 cm³/mol. The Morgan fingerprint density at radius 1 is 1.80 bits per heavy atom. The molecule has 1 rings (SSSR count). The van der Waals surface area contributed by atoms with Crippen molar-refractivity contribution in [1.82, 2.24) is 5.32 Å². The lowest BCUT2D eigenvalue weighted by Gasteiger charge is -2.04. The summed E-state index contributed by atoms with van der Waals surface area (Å²) in [7, 11) is 0. The highest BCUT2D eigenvalue weighted by Crippen LogP contribution is 2.28. The molecule has 0 spiro atoms. The Hall–Kier alpha value is -0.0500. The normalized spacial score (nSPS) is 20.2. The Morgan fingerprint density at radius 2 is 2.40 bits per heavy atom. The lowest BCUT2D eigenvalue weighted by molar-refractivity contribution is -0.122. The third kappa shape index (κ3) is 2.69. The second-order valence-corrected chi connectivity index (χ2v) is 4.36. The summed E-state index contributed by atoms with van der Waals surface area (Å²) >= 11 is 3.36. The van der Waals surface area contributed by atoms with E-state index in [1.54, 1.807) is 0 Å². The maximum absolute atomic E-state index is 11.0. The molecule has 1 unspecified atom stereocenters. The van der Waals surface area contributed by atoms with Gasteiger partial charge in [0.2, 0.25) is 5.91 Å². The number of amides is 1. The van der Waals surface area contributed by atoms with Crippen molar-refractivity contribution in [2.75, 3.05) is 6.54 Å². The summed E-state index contributed by atoms with van der Waals surface area (Å²) in [5.74, 6) is 0.567. The van der Waals surface area contributed by atoms with E-state index in [2.05, 4.69) is 21.2 Å². The van der Waals surface area contributed by atoms with Gasteiger partial charge in [-0.1, -0.05) is 22.9 Å². The Kier molecular flexibility index (Phi) is 2.72. The summed E-state index contributed by atoms with van der Waals surface area (Å²) in [4.78, 5) is 11.4. The van der Waals surface area contributed by atoms with E-state index in [4.69, 9.17) is 0 Å². The van der Waals surface area contributed by atoms with Gasteiger partial charge in [0.05, 0.1) is 0 Å². The first-order valence-corrected chi connectivity index (χ1v) is 4.53. The monoisotopic (exact) mass is 205 g/mol. The molecule has 1 amide bonds. The minimum Gasteiger partial charge on any atom is -0.355 e. The Morgan fingerprint density at radius 3 is 2.80 bits per heavy atom. The molecule has 2 nitrogen and oxygen atoms in total. The van der Waals surface area contributed by atoms with E-state index in [1.165, 1.54) is 0 Å². The molecular formula is C7H12BrNO. The van der Waals surface area contributed by atoms with Crippen molar-refractivity contribution in [2.24, 2.45) is 5.92 Å². The standard InChI is InChI=1S/C7H12BrNO/c1-5(8)4-9-7(10)6-2-3-6/h5-6H,2-4H2,1H3,(H,9,10). The molecule has 3 heteroatoms. The van der Waals surface area contributed by atoms with Gasteiger partial charge in [-0.25, -0.2) is 0 Å². The Balaban J connectivity index is 2.06. The topological polar surface area (TPSA) is 29.1 Å². The van der Waals surface area contributed by atoms with Crippen LogP contribution in [0.15, 0.2) is 0 Å². The highest BCUT2D eigenvalue weighted by molar-refractivity contribution is 9.09. The van der Waals surface area contributed by atoms with E-state index in [0.29, 0.717) is 10.7 Å². The van der Waals surface area contributed by atoms with Crippen LogP contribution in [-0.4, -0.2) is 17.3 Å². The van der Waals surface area contributed by atoms with Crippen LogP contribution in [0.2, 0.25) is 0 Å². The van der Waals surface area contributed by atoms with Crippen molar-refractivity contribution in [1.29, 1.82) is 0 Å². The Labute approximate surface area is 69.5 Å². The molecule has 1 N–H and O–H groups in total. The van der Waals surface area contributed by atoms with Gasteiger partial charge in [0, 0.05) is 17.3 Å². The van der Waals surface area contributed by atoms with Gasteiger partial charge in [0.15, 0.2) is 0 Å². The number of alkyl halides is 1. The lowest BCUT2D eigenvalue weighted by Crippen LogP contribution is -2.29. The third-order valence-corrected chi connectivity index (χ3v) is 1.83. The second kappa shape index (κ2) is 3.37. The first-order valence-electron chi connectivity index (χ1n) is 3.62. The van der Waals surface area contributed by atoms with Gasteiger partial charge in [-0.15, -0.1) is 0 Å². The van der Waals surface area contributed by atoms with Crippen molar-refractivity contribution in [3.8, 4) is 0 Å². The number of halogens is 1. The van der Waals surface area contributed by atoms with Gasteiger partial charge < -0.3 is 5.32 Å². The smallest absolute Gasteiger partial charge is 0.223 e. The number of rotatable bonds is 3. The largest absolute Gasteiger partial charge is 0.355 e. The summed E-state index contributed by atoms with van der Waals surface area (Å²) in [6.45, 7) is 2.77.